The third-order valence-corrected chi connectivity index (χ3v) is 9.80. The Morgan fingerprint density at radius 3 is 2.67 bits per heavy atom. The number of aromatic nitrogens is 4. The molecule has 11 nitrogen and oxygen atoms in total. The maximum atomic E-state index is 12.8. The van der Waals surface area contributed by atoms with E-state index >= 15 is 0 Å². The third kappa shape index (κ3) is 4.88. The Morgan fingerprint density at radius 1 is 1.10 bits per heavy atom. The number of hydrogen-bond acceptors (Lipinski definition) is 10. The second-order valence-corrected chi connectivity index (χ2v) is 14.2. The summed E-state index contributed by atoms with van der Waals surface area (Å²) in [7, 11) is -3.12. The van der Waals surface area contributed by atoms with Crippen LogP contribution in [0, 0.1) is 0 Å². The topological polar surface area (TPSA) is 132 Å². The van der Waals surface area contributed by atoms with Crippen molar-refractivity contribution in [2.45, 2.75) is 42.8 Å². The number of aliphatic hydroxyl groups excluding tert-OH is 2. The summed E-state index contributed by atoms with van der Waals surface area (Å²) < 4.78 is 31.5. The highest BCUT2D eigenvalue weighted by molar-refractivity contribution is 7.58. The number of aryl methyl sites for hydroxylation is 1. The molecule has 1 aliphatic carbocycles. The van der Waals surface area contributed by atoms with E-state index in [1.165, 1.54) is 22.5 Å². The first-order chi connectivity index (χ1) is 20.2. The average Bonchev–Trinajstić information content (AvgIpc) is 3.62. The van der Waals surface area contributed by atoms with Gasteiger partial charge in [0.2, 0.25) is 5.28 Å². The second kappa shape index (κ2) is 10.6. The van der Waals surface area contributed by atoms with Crippen LogP contribution in [0.15, 0.2) is 60.8 Å². The molecule has 2 aromatic heterocycles. The molecule has 1 unspecified atom stereocenters. The van der Waals surface area contributed by atoms with Crippen molar-refractivity contribution in [1.82, 2.24) is 19.7 Å². The molecule has 220 valence electrons. The minimum atomic E-state index is -3.12. The summed E-state index contributed by atoms with van der Waals surface area (Å²) in [5.74, 6) is 1.16. The molecule has 7 rings (SSSR count). The zero-order valence-corrected chi connectivity index (χ0v) is 24.6. The fraction of sp³-hybridized carbons (Fsp3) is 0.414. The van der Waals surface area contributed by atoms with Crippen molar-refractivity contribution in [2.75, 3.05) is 37.6 Å². The molecule has 2 aromatic carbocycles. The molecule has 0 saturated carbocycles. The van der Waals surface area contributed by atoms with Crippen LogP contribution in [0.2, 0.25) is 5.28 Å². The van der Waals surface area contributed by atoms with E-state index in [2.05, 4.69) is 44.2 Å². The van der Waals surface area contributed by atoms with Crippen molar-refractivity contribution in [1.29, 1.82) is 0 Å². The van der Waals surface area contributed by atoms with Crippen LogP contribution in [0.4, 0.5) is 5.82 Å². The summed E-state index contributed by atoms with van der Waals surface area (Å²) in [5.41, 5.74) is 3.31. The van der Waals surface area contributed by atoms with Gasteiger partial charge in [-0.05, 0) is 47.7 Å². The fourth-order valence-corrected chi connectivity index (χ4v) is 7.59. The zero-order valence-electron chi connectivity index (χ0n) is 22.9. The Kier molecular flexibility index (Phi) is 7.00. The van der Waals surface area contributed by atoms with Gasteiger partial charge in [0.15, 0.2) is 11.9 Å². The van der Waals surface area contributed by atoms with Crippen molar-refractivity contribution in [3.8, 4) is 5.75 Å². The average molecular weight is 612 g/mol. The highest BCUT2D eigenvalue weighted by atomic mass is 35.5. The van der Waals surface area contributed by atoms with E-state index in [-0.39, 0.29) is 23.7 Å². The number of ether oxygens (including phenoxy) is 2. The van der Waals surface area contributed by atoms with Crippen molar-refractivity contribution in [3.63, 3.8) is 0 Å². The fourth-order valence-electron chi connectivity index (χ4n) is 6.37. The first kappa shape index (κ1) is 27.8. The smallest absolute Gasteiger partial charge is 0.269 e. The van der Waals surface area contributed by atoms with Crippen LogP contribution in [0.25, 0.3) is 11.0 Å². The van der Waals surface area contributed by atoms with Crippen LogP contribution in [-0.2, 0) is 25.9 Å². The molecular formula is C29H31ClN5O6P. The number of hydrogen-bond donors (Lipinski definition) is 2. The lowest BCUT2D eigenvalue weighted by molar-refractivity contribution is -0.0653. The van der Waals surface area contributed by atoms with E-state index in [1.807, 2.05) is 6.07 Å². The Balaban J connectivity index is 1.05. The highest BCUT2D eigenvalue weighted by Gasteiger charge is 2.49. The monoisotopic (exact) mass is 611 g/mol. The van der Waals surface area contributed by atoms with Crippen LogP contribution in [0.1, 0.15) is 23.8 Å². The van der Waals surface area contributed by atoms with Crippen molar-refractivity contribution in [3.05, 3.63) is 77.2 Å². The molecule has 3 aliphatic rings. The molecule has 1 spiro atoms. The lowest BCUT2D eigenvalue weighted by Gasteiger charge is -2.49. The molecular weight excluding hydrogens is 581 g/mol. The second-order valence-electron chi connectivity index (χ2n) is 11.4. The molecule has 42 heavy (non-hydrogen) atoms. The van der Waals surface area contributed by atoms with Crippen molar-refractivity contribution in [2.24, 2.45) is 0 Å². The van der Waals surface area contributed by atoms with Crippen LogP contribution in [0.3, 0.4) is 0 Å². The number of anilines is 1. The molecule has 13 heteroatoms. The Labute approximate surface area is 247 Å². The number of aliphatic hydroxyl groups is 2. The molecule has 0 bridgehead atoms. The summed E-state index contributed by atoms with van der Waals surface area (Å²) in [4.78, 5) is 11.1. The van der Waals surface area contributed by atoms with E-state index < -0.39 is 31.9 Å². The Morgan fingerprint density at radius 2 is 1.86 bits per heavy atom. The molecule has 4 aromatic rings. The van der Waals surface area contributed by atoms with Gasteiger partial charge >= 0.3 is 0 Å². The number of benzene rings is 2. The van der Waals surface area contributed by atoms with E-state index in [1.54, 1.807) is 30.5 Å². The molecule has 0 amide bonds. The van der Waals surface area contributed by atoms with Gasteiger partial charge in [0, 0.05) is 25.2 Å². The predicted octanol–water partition coefficient (Wildman–Crippen LogP) is 3.76. The molecule has 2 fully saturated rings. The van der Waals surface area contributed by atoms with Gasteiger partial charge in [-0.2, -0.15) is 15.1 Å². The van der Waals surface area contributed by atoms with Gasteiger partial charge in [-0.1, -0.05) is 42.5 Å². The van der Waals surface area contributed by atoms with Gasteiger partial charge in [-0.3, -0.25) is 4.57 Å². The first-order valence-electron chi connectivity index (χ1n) is 13.9. The van der Waals surface area contributed by atoms with E-state index in [4.69, 9.17) is 25.6 Å². The van der Waals surface area contributed by atoms with Crippen LogP contribution in [-0.4, -0.2) is 81.0 Å². The van der Waals surface area contributed by atoms with Gasteiger partial charge in [0.05, 0.1) is 18.2 Å². The predicted molar refractivity (Wildman–Crippen MR) is 156 cm³/mol. The summed E-state index contributed by atoms with van der Waals surface area (Å²) in [5, 5.41) is 26.8. The first-order valence-corrected chi connectivity index (χ1v) is 16.5. The zero-order chi connectivity index (χ0) is 29.1. The molecule has 4 heterocycles. The molecule has 0 radical (unpaired) electrons. The summed E-state index contributed by atoms with van der Waals surface area (Å²) in [6.07, 6.45) is -0.895. The summed E-state index contributed by atoms with van der Waals surface area (Å²) in [6.45, 7) is 3.00. The van der Waals surface area contributed by atoms with E-state index in [0.717, 1.165) is 25.9 Å². The van der Waals surface area contributed by atoms with Crippen molar-refractivity contribution >= 4 is 35.8 Å². The Bertz CT molecular complexity index is 1670. The lowest BCUT2D eigenvalue weighted by atomic mass is 9.75. The number of fused-ring (bicyclic) bond motifs is 3. The van der Waals surface area contributed by atoms with E-state index in [0.29, 0.717) is 22.6 Å². The highest BCUT2D eigenvalue weighted by Crippen LogP contribution is 2.48. The van der Waals surface area contributed by atoms with Gasteiger partial charge in [0.1, 0.15) is 36.2 Å². The lowest BCUT2D eigenvalue weighted by Crippen LogP contribution is -2.58. The molecule has 2 aliphatic heterocycles. The molecule has 2 saturated heterocycles. The van der Waals surface area contributed by atoms with Crippen LogP contribution < -0.4 is 9.42 Å². The maximum Gasteiger partial charge on any atom is 0.269 e. The van der Waals surface area contributed by atoms with Gasteiger partial charge in [0.25, 0.3) is 7.37 Å². The van der Waals surface area contributed by atoms with E-state index in [9.17, 15) is 14.8 Å². The number of halogens is 1. The van der Waals surface area contributed by atoms with Gasteiger partial charge < -0.3 is 29.1 Å². The molecule has 2 N–H and O–H groups in total. The number of para-hydroxylation sites is 1. The summed E-state index contributed by atoms with van der Waals surface area (Å²) in [6, 6.07) is 17.4. The van der Waals surface area contributed by atoms with Gasteiger partial charge in [-0.15, -0.1) is 0 Å². The maximum absolute atomic E-state index is 12.8. The third-order valence-electron chi connectivity index (χ3n) is 8.38. The van der Waals surface area contributed by atoms with Crippen LogP contribution in [0.5, 0.6) is 5.75 Å². The summed E-state index contributed by atoms with van der Waals surface area (Å²) >= 11 is 6.38. The number of rotatable bonds is 8. The number of nitrogens with zero attached hydrogens (tertiary/aromatic N) is 5. The van der Waals surface area contributed by atoms with Crippen molar-refractivity contribution < 1.29 is 28.8 Å². The van der Waals surface area contributed by atoms with Crippen LogP contribution >= 0.6 is 19.0 Å². The van der Waals surface area contributed by atoms with Gasteiger partial charge in [-0.25, -0.2) is 4.68 Å². The quantitative estimate of drug-likeness (QED) is 0.224. The largest absolute Gasteiger partial charge is 0.441 e. The normalized spacial score (nSPS) is 25.9. The minimum absolute atomic E-state index is 0.0528. The SMILES string of the molecule is CP(=O)(COC[C@H]1O[C@@H](n2ncc3c(N4CC5(CCc6ccccc65)C4)nc(Cl)nc32)[C@H](O)[C@@H]1O)Oc1ccccc1. The molecule has 5 atom stereocenters. The Hall–Kier alpha value is -3.05. The minimum Gasteiger partial charge on any atom is -0.441 e. The standard InChI is InChI=1S/C29H31ClN5O6P/c1-42(38,41-19-8-3-2-4-9-19)17-39-14-22-23(36)24(37)27(40-22)35-26-20(13-31-35)25(32-28(30)33-26)34-15-29(16-34)12-11-18-7-5-6-10-21(18)29/h2-10,13,22-24,27,36-37H,11-12,14-17H2,1H3/t22-,23-,24-,27-,42?/m1/s1.